The van der Waals surface area contributed by atoms with Crippen molar-refractivity contribution in [2.45, 2.75) is 55.4 Å². The zero-order chi connectivity index (χ0) is 9.71. The van der Waals surface area contributed by atoms with Crippen LogP contribution in [0, 0.1) is 5.92 Å². The zero-order valence-electron chi connectivity index (χ0n) is 8.29. The van der Waals surface area contributed by atoms with Crippen LogP contribution in [0.3, 0.4) is 0 Å². The van der Waals surface area contributed by atoms with Gasteiger partial charge in [-0.3, -0.25) is 4.79 Å². The Morgan fingerprint density at radius 2 is 1.64 bits per heavy atom. The number of amides is 1. The monoisotopic (exact) mass is 257 g/mol. The van der Waals surface area contributed by atoms with Crippen LogP contribution in [0.5, 0.6) is 0 Å². The maximum atomic E-state index is 12.0. The number of fused-ring (bicyclic) bond motifs is 2. The first-order chi connectivity index (χ1) is 6.75. The fourth-order valence-electron chi connectivity index (χ4n) is 3.01. The average Bonchev–Trinajstić information content (AvgIpc) is 2.92. The molecule has 0 spiro atoms. The Balaban J connectivity index is 1.77. The summed E-state index contributed by atoms with van der Waals surface area (Å²) in [5, 5.41) is 0. The van der Waals surface area contributed by atoms with Crippen molar-refractivity contribution in [2.75, 3.05) is 0 Å². The molecule has 2 bridgehead atoms. The molecule has 3 aliphatic rings. The normalized spacial score (nSPS) is 41.5. The van der Waals surface area contributed by atoms with Crippen molar-refractivity contribution in [1.82, 2.24) is 4.90 Å². The van der Waals surface area contributed by atoms with Gasteiger partial charge in [0.25, 0.3) is 0 Å². The number of carbonyl (C=O) groups excluding carboxylic acids is 1. The minimum atomic E-state index is 0.407. The molecule has 2 atom stereocenters. The van der Waals surface area contributed by atoms with Gasteiger partial charge in [0.1, 0.15) is 0 Å². The van der Waals surface area contributed by atoms with E-state index in [-0.39, 0.29) is 0 Å². The molecule has 0 radical (unpaired) electrons. The number of carbonyl (C=O) groups is 1. The number of halogens is 1. The molecule has 0 aromatic rings. The van der Waals surface area contributed by atoms with Crippen LogP contribution in [0.2, 0.25) is 0 Å². The number of piperidine rings is 1. The van der Waals surface area contributed by atoms with E-state index >= 15 is 0 Å². The Bertz CT molecular complexity index is 250. The van der Waals surface area contributed by atoms with Crippen LogP contribution in [0.25, 0.3) is 0 Å². The molecule has 0 aromatic carbocycles. The second-order valence-electron chi connectivity index (χ2n) is 4.97. The van der Waals surface area contributed by atoms with E-state index in [9.17, 15) is 4.79 Å². The molecular weight excluding hydrogens is 242 g/mol. The summed E-state index contributed by atoms with van der Waals surface area (Å²) in [5.74, 6) is 0.877. The Labute approximate surface area is 93.2 Å². The number of hydrogen-bond acceptors (Lipinski definition) is 1. The quantitative estimate of drug-likeness (QED) is 0.661. The number of rotatable bonds is 1. The van der Waals surface area contributed by atoms with Gasteiger partial charge in [-0.2, -0.15) is 0 Å². The fraction of sp³-hybridized carbons (Fsp3) is 0.909. The van der Waals surface area contributed by atoms with Crippen LogP contribution >= 0.6 is 15.9 Å². The van der Waals surface area contributed by atoms with Crippen molar-refractivity contribution in [2.24, 2.45) is 5.92 Å². The fourth-order valence-corrected chi connectivity index (χ4v) is 3.87. The van der Waals surface area contributed by atoms with Gasteiger partial charge >= 0.3 is 0 Å². The SMILES string of the molecule is O=C(C1CC1)N1C2CCC1CC(Br)C2. The lowest BCUT2D eigenvalue weighted by Gasteiger charge is -2.37. The molecule has 2 aliphatic heterocycles. The third kappa shape index (κ3) is 1.40. The largest absolute Gasteiger partial charge is 0.336 e. The van der Waals surface area contributed by atoms with Gasteiger partial charge in [0.05, 0.1) is 0 Å². The van der Waals surface area contributed by atoms with Gasteiger partial charge in [0.2, 0.25) is 5.91 Å². The minimum Gasteiger partial charge on any atom is -0.336 e. The van der Waals surface area contributed by atoms with Gasteiger partial charge in [-0.05, 0) is 38.5 Å². The Kier molecular flexibility index (Phi) is 2.12. The third-order valence-corrected chi connectivity index (χ3v) is 4.60. The first kappa shape index (κ1) is 9.20. The standard InChI is InChI=1S/C11H16BrNO/c12-8-5-9-3-4-10(6-8)13(9)11(14)7-1-2-7/h7-10H,1-6H2. The molecule has 3 fully saturated rings. The average molecular weight is 258 g/mol. The van der Waals surface area contributed by atoms with E-state index in [4.69, 9.17) is 0 Å². The van der Waals surface area contributed by atoms with Crippen molar-refractivity contribution in [3.05, 3.63) is 0 Å². The molecule has 2 unspecified atom stereocenters. The lowest BCUT2D eigenvalue weighted by atomic mass is 10.0. The van der Waals surface area contributed by atoms with Crippen molar-refractivity contribution < 1.29 is 4.79 Å². The highest BCUT2D eigenvalue weighted by Crippen LogP contribution is 2.42. The summed E-state index contributed by atoms with van der Waals surface area (Å²) >= 11 is 3.70. The molecule has 2 heterocycles. The Morgan fingerprint density at radius 1 is 1.07 bits per heavy atom. The van der Waals surface area contributed by atoms with Gasteiger partial charge in [0.15, 0.2) is 0 Å². The van der Waals surface area contributed by atoms with Crippen molar-refractivity contribution in [3.8, 4) is 0 Å². The predicted octanol–water partition coefficient (Wildman–Crippen LogP) is 2.31. The molecule has 2 saturated heterocycles. The van der Waals surface area contributed by atoms with E-state index in [2.05, 4.69) is 20.8 Å². The molecule has 3 heteroatoms. The summed E-state index contributed by atoms with van der Waals surface area (Å²) in [7, 11) is 0. The van der Waals surface area contributed by atoms with E-state index in [0.29, 0.717) is 28.7 Å². The highest BCUT2D eigenvalue weighted by Gasteiger charge is 2.46. The second-order valence-corrected chi connectivity index (χ2v) is 6.27. The van der Waals surface area contributed by atoms with Crippen molar-refractivity contribution >= 4 is 21.8 Å². The lowest BCUT2D eigenvalue weighted by molar-refractivity contribution is -0.136. The van der Waals surface area contributed by atoms with Crippen molar-refractivity contribution in [3.63, 3.8) is 0 Å². The molecule has 2 nitrogen and oxygen atoms in total. The number of hydrogen-bond donors (Lipinski definition) is 0. The van der Waals surface area contributed by atoms with Gasteiger partial charge < -0.3 is 4.90 Å². The molecule has 1 amide bonds. The third-order valence-electron chi connectivity index (χ3n) is 3.86. The first-order valence-electron chi connectivity index (χ1n) is 5.72. The van der Waals surface area contributed by atoms with Gasteiger partial charge in [-0.1, -0.05) is 15.9 Å². The molecular formula is C11H16BrNO. The molecule has 0 aromatic heterocycles. The second kappa shape index (κ2) is 3.22. The van der Waals surface area contributed by atoms with Crippen LogP contribution in [-0.4, -0.2) is 27.7 Å². The molecule has 14 heavy (non-hydrogen) atoms. The van der Waals surface area contributed by atoms with Gasteiger partial charge in [0, 0.05) is 22.8 Å². The molecule has 0 N–H and O–H groups in total. The summed E-state index contributed by atoms with van der Waals surface area (Å²) in [6, 6.07) is 1.12. The van der Waals surface area contributed by atoms with Gasteiger partial charge in [-0.15, -0.1) is 0 Å². The molecule has 1 saturated carbocycles. The minimum absolute atomic E-state index is 0.407. The van der Waals surface area contributed by atoms with E-state index in [1.54, 1.807) is 0 Å². The van der Waals surface area contributed by atoms with Crippen LogP contribution in [0.15, 0.2) is 0 Å². The van der Waals surface area contributed by atoms with E-state index in [1.165, 1.54) is 25.7 Å². The van der Waals surface area contributed by atoms with Crippen LogP contribution in [0.4, 0.5) is 0 Å². The predicted molar refractivity (Wildman–Crippen MR) is 58.3 cm³/mol. The summed E-state index contributed by atoms with van der Waals surface area (Å²) in [6.45, 7) is 0. The number of alkyl halides is 1. The first-order valence-corrected chi connectivity index (χ1v) is 6.63. The highest BCUT2D eigenvalue weighted by molar-refractivity contribution is 9.09. The molecule has 3 rings (SSSR count). The van der Waals surface area contributed by atoms with E-state index in [0.717, 1.165) is 12.8 Å². The summed E-state index contributed by atoms with van der Waals surface area (Å²) in [4.78, 5) is 14.9. The van der Waals surface area contributed by atoms with Gasteiger partial charge in [-0.25, -0.2) is 0 Å². The van der Waals surface area contributed by atoms with Crippen molar-refractivity contribution in [1.29, 1.82) is 0 Å². The maximum absolute atomic E-state index is 12.0. The summed E-state index contributed by atoms with van der Waals surface area (Å²) in [5.41, 5.74) is 0. The molecule has 78 valence electrons. The lowest BCUT2D eigenvalue weighted by Crippen LogP contribution is -2.47. The summed E-state index contributed by atoms with van der Waals surface area (Å²) in [6.07, 6.45) is 7.12. The smallest absolute Gasteiger partial charge is 0.226 e. The highest BCUT2D eigenvalue weighted by atomic mass is 79.9. The maximum Gasteiger partial charge on any atom is 0.226 e. The number of nitrogens with zero attached hydrogens (tertiary/aromatic N) is 1. The molecule has 1 aliphatic carbocycles. The Morgan fingerprint density at radius 3 is 2.14 bits per heavy atom. The van der Waals surface area contributed by atoms with Crippen LogP contribution in [0.1, 0.15) is 38.5 Å². The Hall–Kier alpha value is -0.0500. The van der Waals surface area contributed by atoms with E-state index in [1.807, 2.05) is 0 Å². The van der Waals surface area contributed by atoms with E-state index < -0.39 is 0 Å². The summed E-state index contributed by atoms with van der Waals surface area (Å²) < 4.78 is 0. The van der Waals surface area contributed by atoms with Crippen LogP contribution in [-0.2, 0) is 4.79 Å². The zero-order valence-corrected chi connectivity index (χ0v) is 9.87. The topological polar surface area (TPSA) is 20.3 Å². The van der Waals surface area contributed by atoms with Crippen LogP contribution < -0.4 is 0 Å².